The molecule has 0 spiro atoms. The van der Waals surface area contributed by atoms with Crippen molar-refractivity contribution in [3.8, 4) is 0 Å². The maximum Gasteiger partial charge on any atom is 0.0850 e. The molecule has 18 heavy (non-hydrogen) atoms. The van der Waals surface area contributed by atoms with Crippen molar-refractivity contribution >= 4 is 38.7 Å². The monoisotopic (exact) mass is 396 g/mol. The molecule has 4 heteroatoms. The zero-order valence-electron chi connectivity index (χ0n) is 12.8. The summed E-state index contributed by atoms with van der Waals surface area (Å²) in [5.74, 6) is 0. The predicted octanol–water partition coefficient (Wildman–Crippen LogP) is 5.15. The van der Waals surface area contributed by atoms with Crippen LogP contribution < -0.4 is 0 Å². The molecule has 1 nitrogen and oxygen atoms in total. The molecule has 1 N–H and O–H groups in total. The number of hydrogen-bond acceptors (Lipinski definition) is 1. The summed E-state index contributed by atoms with van der Waals surface area (Å²) in [4.78, 5) is 0. The van der Waals surface area contributed by atoms with Crippen LogP contribution in [0.5, 0.6) is 0 Å². The van der Waals surface area contributed by atoms with Crippen molar-refractivity contribution < 1.29 is 5.11 Å². The maximum absolute atomic E-state index is 8.88. The molecule has 0 aliphatic carbocycles. The molecule has 0 atom stereocenters. The van der Waals surface area contributed by atoms with E-state index < -0.39 is 16.1 Å². The fourth-order valence-electron chi connectivity index (χ4n) is 1.57. The Morgan fingerprint density at radius 2 is 1.56 bits per heavy atom. The van der Waals surface area contributed by atoms with Gasteiger partial charge in [-0.05, 0) is 22.5 Å². The molecule has 0 aromatic heterocycles. The molecule has 0 heterocycles. The largest absolute Gasteiger partial charge is 0.396 e. The van der Waals surface area contributed by atoms with E-state index in [-0.39, 0.29) is 0 Å². The average molecular weight is 396 g/mol. The summed E-state index contributed by atoms with van der Waals surface area (Å²) < 4.78 is 1.58. The second-order valence-corrected chi connectivity index (χ2v) is 19.2. The smallest absolute Gasteiger partial charge is 0.0850 e. The fraction of sp³-hybridized carbons (Fsp3) is 0.714. The van der Waals surface area contributed by atoms with E-state index in [2.05, 4.69) is 74.0 Å². The molecule has 0 radical (unpaired) electrons. The lowest BCUT2D eigenvalue weighted by molar-refractivity contribution is 0.289. The first-order valence-corrected chi connectivity index (χ1v) is 14.8. The van der Waals surface area contributed by atoms with Crippen LogP contribution in [-0.2, 0) is 0 Å². The summed E-state index contributed by atoms with van der Waals surface area (Å²) in [6.07, 6.45) is 7.85. The molecule has 0 bridgehead atoms. The molecule has 0 saturated carbocycles. The van der Waals surface area contributed by atoms with Crippen LogP contribution in [0.3, 0.4) is 0 Å². The first-order chi connectivity index (χ1) is 8.09. The molecule has 0 aromatic rings. The van der Waals surface area contributed by atoms with Crippen LogP contribution in [0.4, 0.5) is 0 Å². The molecule has 0 aliphatic heterocycles. The van der Waals surface area contributed by atoms with E-state index in [9.17, 15) is 0 Å². The minimum atomic E-state index is -1.22. The van der Waals surface area contributed by atoms with Gasteiger partial charge in [0.1, 0.15) is 0 Å². The van der Waals surface area contributed by atoms with E-state index in [1.165, 1.54) is 0 Å². The maximum atomic E-state index is 8.88. The van der Waals surface area contributed by atoms with Gasteiger partial charge in [0.05, 0.1) is 16.1 Å². The van der Waals surface area contributed by atoms with E-state index in [0.717, 1.165) is 19.3 Å². The van der Waals surface area contributed by atoms with E-state index in [4.69, 9.17) is 5.11 Å². The number of unbranched alkanes of at least 4 members (excludes halogenated alkanes) is 1. The molecule has 0 amide bonds. The van der Waals surface area contributed by atoms with E-state index >= 15 is 0 Å². The van der Waals surface area contributed by atoms with Crippen LogP contribution in [0.1, 0.15) is 19.3 Å². The standard InChI is InChI=1S/C14H29IOSi2/c1-17(2,3)13(9-7-8-12-16)10-11-14(15)18(4,5)6/h9,11,16H,7-8,10,12H2,1-6H3/b13-9-,14-11-. The Labute approximate surface area is 129 Å². The van der Waals surface area contributed by atoms with Gasteiger partial charge in [0.15, 0.2) is 0 Å². The molecule has 0 aliphatic rings. The molecule has 0 unspecified atom stereocenters. The van der Waals surface area contributed by atoms with Crippen molar-refractivity contribution in [2.45, 2.75) is 58.5 Å². The number of hydrogen-bond donors (Lipinski definition) is 1. The van der Waals surface area contributed by atoms with E-state index in [1.54, 1.807) is 8.40 Å². The van der Waals surface area contributed by atoms with Crippen LogP contribution in [0.25, 0.3) is 0 Å². The van der Waals surface area contributed by atoms with Crippen LogP contribution >= 0.6 is 22.6 Å². The Kier molecular flexibility index (Phi) is 8.29. The summed E-state index contributed by atoms with van der Waals surface area (Å²) in [5, 5.41) is 10.5. The van der Waals surface area contributed by atoms with Crippen molar-refractivity contribution in [1.82, 2.24) is 0 Å². The molecule has 0 aromatic carbocycles. The van der Waals surface area contributed by atoms with Crippen LogP contribution in [-0.4, -0.2) is 27.9 Å². The van der Waals surface area contributed by atoms with Crippen molar-refractivity contribution in [2.75, 3.05) is 6.61 Å². The number of allylic oxidation sites excluding steroid dienone is 3. The Balaban J connectivity index is 4.78. The lowest BCUT2D eigenvalue weighted by atomic mass is 10.2. The van der Waals surface area contributed by atoms with Gasteiger partial charge in [0.25, 0.3) is 0 Å². The van der Waals surface area contributed by atoms with E-state index in [0.29, 0.717) is 6.61 Å². The normalized spacial score (nSPS) is 15.1. The predicted molar refractivity (Wildman–Crippen MR) is 97.8 cm³/mol. The van der Waals surface area contributed by atoms with Gasteiger partial charge < -0.3 is 5.11 Å². The zero-order chi connectivity index (χ0) is 14.4. The molecule has 0 rings (SSSR count). The van der Waals surface area contributed by atoms with Crippen LogP contribution in [0.15, 0.2) is 20.6 Å². The van der Waals surface area contributed by atoms with Gasteiger partial charge in [0.2, 0.25) is 0 Å². The Morgan fingerprint density at radius 3 is 1.94 bits per heavy atom. The lowest BCUT2D eigenvalue weighted by Crippen LogP contribution is -2.25. The quantitative estimate of drug-likeness (QED) is 0.359. The summed E-state index contributed by atoms with van der Waals surface area (Å²) in [6, 6.07) is 0. The number of halogens is 1. The first kappa shape index (κ1) is 18.6. The molecule has 0 fully saturated rings. The van der Waals surface area contributed by atoms with Gasteiger partial charge in [-0.2, -0.15) is 0 Å². The summed E-state index contributed by atoms with van der Waals surface area (Å²) >= 11 is 2.53. The third-order valence-electron chi connectivity index (χ3n) is 2.93. The lowest BCUT2D eigenvalue weighted by Gasteiger charge is -2.22. The SMILES string of the molecule is C[Si](C)(C)/C(=C\CCCO)C/C=C(/I)[Si](C)(C)C. The van der Waals surface area contributed by atoms with Gasteiger partial charge in [-0.15, -0.1) is 0 Å². The number of aliphatic hydroxyl groups is 1. The Morgan fingerprint density at radius 1 is 1.00 bits per heavy atom. The zero-order valence-corrected chi connectivity index (χ0v) is 17.0. The molecule has 106 valence electrons. The highest BCUT2D eigenvalue weighted by atomic mass is 127. The summed E-state index contributed by atoms with van der Waals surface area (Å²) in [5.41, 5.74) is 0. The third kappa shape index (κ3) is 7.91. The van der Waals surface area contributed by atoms with Gasteiger partial charge in [-0.1, -0.05) is 79.2 Å². The number of rotatable bonds is 7. The minimum Gasteiger partial charge on any atom is -0.396 e. The van der Waals surface area contributed by atoms with Crippen molar-refractivity contribution in [2.24, 2.45) is 0 Å². The Bertz CT molecular complexity index is 309. The van der Waals surface area contributed by atoms with Gasteiger partial charge in [-0.3, -0.25) is 0 Å². The van der Waals surface area contributed by atoms with E-state index in [1.807, 2.05) is 0 Å². The highest BCUT2D eigenvalue weighted by molar-refractivity contribution is 14.1. The third-order valence-corrected chi connectivity index (χ3v) is 12.2. The van der Waals surface area contributed by atoms with Gasteiger partial charge in [-0.25, -0.2) is 0 Å². The highest BCUT2D eigenvalue weighted by Gasteiger charge is 2.20. The van der Waals surface area contributed by atoms with Gasteiger partial charge in [0, 0.05) is 6.61 Å². The van der Waals surface area contributed by atoms with Crippen molar-refractivity contribution in [3.63, 3.8) is 0 Å². The van der Waals surface area contributed by atoms with Gasteiger partial charge >= 0.3 is 0 Å². The number of aliphatic hydroxyl groups excluding tert-OH is 1. The molecule has 0 saturated heterocycles. The Hall–Kier alpha value is 0.604. The first-order valence-electron chi connectivity index (χ1n) is 6.75. The summed E-state index contributed by atoms with van der Waals surface area (Å²) in [6.45, 7) is 14.7. The molecular weight excluding hydrogens is 367 g/mol. The second kappa shape index (κ2) is 8.02. The van der Waals surface area contributed by atoms with Crippen molar-refractivity contribution in [1.29, 1.82) is 0 Å². The topological polar surface area (TPSA) is 20.2 Å². The fourth-order valence-corrected chi connectivity index (χ4v) is 3.97. The van der Waals surface area contributed by atoms with Crippen molar-refractivity contribution in [3.05, 3.63) is 20.6 Å². The molecular formula is C14H29IOSi2. The second-order valence-electron chi connectivity index (χ2n) is 6.85. The highest BCUT2D eigenvalue weighted by Crippen LogP contribution is 2.26. The van der Waals surface area contributed by atoms with Crippen LogP contribution in [0.2, 0.25) is 39.3 Å². The van der Waals surface area contributed by atoms with Crippen LogP contribution in [0, 0.1) is 0 Å². The summed E-state index contributed by atoms with van der Waals surface area (Å²) in [7, 11) is -2.34. The minimum absolute atomic E-state index is 0.303. The average Bonchev–Trinajstić information content (AvgIpc) is 2.19.